The van der Waals surface area contributed by atoms with Crippen molar-refractivity contribution in [3.63, 3.8) is 0 Å². The minimum absolute atomic E-state index is 0.148. The van der Waals surface area contributed by atoms with E-state index in [4.69, 9.17) is 0 Å². The van der Waals surface area contributed by atoms with Gasteiger partial charge in [0.15, 0.2) is 0 Å². The van der Waals surface area contributed by atoms with Crippen molar-refractivity contribution >= 4 is 10.0 Å². The molecule has 8 nitrogen and oxygen atoms in total. The van der Waals surface area contributed by atoms with E-state index in [1.54, 1.807) is 4.80 Å². The molecule has 0 unspecified atom stereocenters. The van der Waals surface area contributed by atoms with Gasteiger partial charge in [0, 0.05) is 25.2 Å². The highest BCUT2D eigenvalue weighted by molar-refractivity contribution is 7.89. The first-order valence-electron chi connectivity index (χ1n) is 11.3. The van der Waals surface area contributed by atoms with Crippen LogP contribution in [0, 0.1) is 5.82 Å². The van der Waals surface area contributed by atoms with E-state index in [-0.39, 0.29) is 4.90 Å². The number of aryl methyl sites for hydroxylation is 1. The summed E-state index contributed by atoms with van der Waals surface area (Å²) in [6.07, 6.45) is 3.82. The van der Waals surface area contributed by atoms with E-state index in [0.717, 1.165) is 50.9 Å². The average molecular weight is 473 g/mol. The Kier molecular flexibility index (Phi) is 7.79. The maximum atomic E-state index is 13.1. The molecule has 0 N–H and O–H groups in total. The molecule has 1 aliphatic rings. The van der Waals surface area contributed by atoms with Crippen LogP contribution in [0.2, 0.25) is 0 Å². The fourth-order valence-corrected chi connectivity index (χ4v) is 5.44. The van der Waals surface area contributed by atoms with Gasteiger partial charge in [-0.1, -0.05) is 36.8 Å². The van der Waals surface area contributed by atoms with Gasteiger partial charge in [-0.3, -0.25) is 0 Å². The monoisotopic (exact) mass is 472 g/mol. The van der Waals surface area contributed by atoms with Crippen molar-refractivity contribution in [2.24, 2.45) is 0 Å². The molecule has 4 rings (SSSR count). The number of sulfonamides is 1. The summed E-state index contributed by atoms with van der Waals surface area (Å²) in [5.74, 6) is 0.201. The van der Waals surface area contributed by atoms with Crippen molar-refractivity contribution in [2.45, 2.75) is 37.1 Å². The number of unbranched alkanes of at least 4 members (excludes halogenated alkanes) is 2. The number of tetrazole rings is 1. The van der Waals surface area contributed by atoms with Crippen LogP contribution >= 0.6 is 0 Å². The van der Waals surface area contributed by atoms with Crippen LogP contribution in [0.4, 0.5) is 4.39 Å². The number of benzene rings is 2. The van der Waals surface area contributed by atoms with E-state index in [1.807, 2.05) is 30.3 Å². The van der Waals surface area contributed by atoms with Gasteiger partial charge in [-0.2, -0.15) is 9.10 Å². The van der Waals surface area contributed by atoms with Crippen molar-refractivity contribution in [3.8, 4) is 11.4 Å². The molecule has 0 radical (unpaired) electrons. The smallest absolute Gasteiger partial charge is 0.243 e. The molecule has 33 heavy (non-hydrogen) atoms. The summed E-state index contributed by atoms with van der Waals surface area (Å²) < 4.78 is 40.4. The van der Waals surface area contributed by atoms with Crippen LogP contribution in [-0.2, 0) is 16.6 Å². The summed E-state index contributed by atoms with van der Waals surface area (Å²) in [5, 5.41) is 12.7. The van der Waals surface area contributed by atoms with Crippen molar-refractivity contribution in [3.05, 3.63) is 60.4 Å². The van der Waals surface area contributed by atoms with Gasteiger partial charge >= 0.3 is 0 Å². The Labute approximate surface area is 194 Å². The first-order chi connectivity index (χ1) is 16.0. The number of nitrogens with zero attached hydrogens (tertiary/aromatic N) is 6. The van der Waals surface area contributed by atoms with Crippen LogP contribution in [0.1, 0.15) is 25.7 Å². The number of hydrogen-bond donors (Lipinski definition) is 0. The van der Waals surface area contributed by atoms with E-state index in [1.165, 1.54) is 28.6 Å². The Morgan fingerprint density at radius 2 is 1.61 bits per heavy atom. The van der Waals surface area contributed by atoms with Gasteiger partial charge in [-0.05, 0) is 61.8 Å². The first kappa shape index (κ1) is 23.5. The highest BCUT2D eigenvalue weighted by Gasteiger charge is 2.26. The van der Waals surface area contributed by atoms with Crippen LogP contribution in [0.25, 0.3) is 11.4 Å². The predicted octanol–water partition coefficient (Wildman–Crippen LogP) is 3.05. The van der Waals surface area contributed by atoms with Gasteiger partial charge in [-0.15, -0.1) is 10.2 Å². The Morgan fingerprint density at radius 1 is 0.848 bits per heavy atom. The van der Waals surface area contributed by atoms with Gasteiger partial charge in [0.2, 0.25) is 15.8 Å². The molecule has 1 aromatic heterocycles. The van der Waals surface area contributed by atoms with E-state index in [0.29, 0.717) is 25.5 Å². The zero-order valence-electron chi connectivity index (χ0n) is 18.6. The molecule has 2 aromatic carbocycles. The second-order valence-corrected chi connectivity index (χ2v) is 10.1. The zero-order valence-corrected chi connectivity index (χ0v) is 19.4. The Morgan fingerprint density at radius 3 is 2.39 bits per heavy atom. The molecular weight excluding hydrogens is 443 g/mol. The van der Waals surface area contributed by atoms with Crippen LogP contribution < -0.4 is 0 Å². The SMILES string of the molecule is O=S(=O)(c1ccc(F)cc1)N1CCCN(CCCCCn2nnc(-c3ccccc3)n2)CC1. The van der Waals surface area contributed by atoms with Crippen molar-refractivity contribution in [2.75, 3.05) is 32.7 Å². The second-order valence-electron chi connectivity index (χ2n) is 8.19. The van der Waals surface area contributed by atoms with Crippen molar-refractivity contribution in [1.29, 1.82) is 0 Å². The summed E-state index contributed by atoms with van der Waals surface area (Å²) in [7, 11) is -3.59. The van der Waals surface area contributed by atoms with E-state index in [9.17, 15) is 12.8 Å². The van der Waals surface area contributed by atoms with Gasteiger partial charge < -0.3 is 4.90 Å². The molecule has 0 atom stereocenters. The summed E-state index contributed by atoms with van der Waals surface area (Å²) in [6, 6.07) is 14.8. The molecule has 176 valence electrons. The number of aromatic nitrogens is 4. The highest BCUT2D eigenvalue weighted by Crippen LogP contribution is 2.18. The number of rotatable bonds is 9. The second kappa shape index (κ2) is 11.0. The molecule has 0 spiro atoms. The Hall–Kier alpha value is -2.69. The van der Waals surface area contributed by atoms with Crippen LogP contribution in [0.3, 0.4) is 0 Å². The highest BCUT2D eigenvalue weighted by atomic mass is 32.2. The molecule has 0 amide bonds. The lowest BCUT2D eigenvalue weighted by Crippen LogP contribution is -2.35. The van der Waals surface area contributed by atoms with E-state index >= 15 is 0 Å². The van der Waals surface area contributed by atoms with E-state index in [2.05, 4.69) is 20.3 Å². The van der Waals surface area contributed by atoms with Gasteiger partial charge in [0.1, 0.15) is 5.82 Å². The number of hydrogen-bond acceptors (Lipinski definition) is 6. The molecule has 10 heteroatoms. The van der Waals surface area contributed by atoms with Gasteiger partial charge in [0.25, 0.3) is 0 Å². The van der Waals surface area contributed by atoms with Crippen LogP contribution in [0.5, 0.6) is 0 Å². The molecule has 3 aromatic rings. The van der Waals surface area contributed by atoms with Crippen LogP contribution in [-0.4, -0.2) is 70.6 Å². The fourth-order valence-electron chi connectivity index (χ4n) is 3.97. The molecule has 2 heterocycles. The third-order valence-electron chi connectivity index (χ3n) is 5.82. The normalized spacial score (nSPS) is 16.0. The largest absolute Gasteiger partial charge is 0.302 e. The summed E-state index contributed by atoms with van der Waals surface area (Å²) in [6.45, 7) is 4.17. The Bertz CT molecular complexity index is 1120. The lowest BCUT2D eigenvalue weighted by atomic mass is 10.2. The van der Waals surface area contributed by atoms with Crippen molar-refractivity contribution < 1.29 is 12.8 Å². The number of halogens is 1. The predicted molar refractivity (Wildman–Crippen MR) is 123 cm³/mol. The Balaban J connectivity index is 1.18. The molecule has 0 aliphatic carbocycles. The molecule has 0 saturated carbocycles. The lowest BCUT2D eigenvalue weighted by Gasteiger charge is -2.21. The van der Waals surface area contributed by atoms with E-state index < -0.39 is 15.8 Å². The molecule has 0 bridgehead atoms. The minimum Gasteiger partial charge on any atom is -0.302 e. The quantitative estimate of drug-likeness (QED) is 0.445. The molecular formula is C23H29FN6O2S. The van der Waals surface area contributed by atoms with Gasteiger partial charge in [0.05, 0.1) is 11.4 Å². The first-order valence-corrected chi connectivity index (χ1v) is 12.8. The summed E-state index contributed by atoms with van der Waals surface area (Å²) >= 11 is 0. The standard InChI is InChI=1S/C23H29FN6O2S/c24-21-10-12-22(13-11-21)33(31,32)29-16-7-15-28(18-19-29)14-5-2-6-17-30-26-23(25-27-30)20-8-3-1-4-9-20/h1,3-4,8-13H,2,5-7,14-19H2. The summed E-state index contributed by atoms with van der Waals surface area (Å²) in [4.78, 5) is 4.11. The summed E-state index contributed by atoms with van der Waals surface area (Å²) in [5.41, 5.74) is 0.959. The third-order valence-corrected chi connectivity index (χ3v) is 7.73. The van der Waals surface area contributed by atoms with Crippen LogP contribution in [0.15, 0.2) is 59.5 Å². The van der Waals surface area contributed by atoms with Crippen molar-refractivity contribution in [1.82, 2.24) is 29.4 Å². The maximum Gasteiger partial charge on any atom is 0.243 e. The minimum atomic E-state index is -3.59. The third kappa shape index (κ3) is 6.21. The maximum absolute atomic E-state index is 13.1. The van der Waals surface area contributed by atoms with Gasteiger partial charge in [-0.25, -0.2) is 12.8 Å². The average Bonchev–Trinajstić information content (AvgIpc) is 3.17. The molecule has 1 aliphatic heterocycles. The molecule has 1 fully saturated rings. The topological polar surface area (TPSA) is 84.2 Å². The fraction of sp³-hybridized carbons (Fsp3) is 0.435. The molecule has 1 saturated heterocycles. The lowest BCUT2D eigenvalue weighted by molar-refractivity contribution is 0.278. The zero-order chi connectivity index (χ0) is 23.1.